The summed E-state index contributed by atoms with van der Waals surface area (Å²) in [6.07, 6.45) is 1.42. The Kier molecular flexibility index (Phi) is 10.9. The van der Waals surface area contributed by atoms with Crippen molar-refractivity contribution < 1.29 is 34.1 Å². The number of nitrogens with zero attached hydrogens (tertiary/aromatic N) is 5. The first-order chi connectivity index (χ1) is 21.1. The van der Waals surface area contributed by atoms with Gasteiger partial charge in [0.25, 0.3) is 0 Å². The fraction of sp³-hybridized carbons (Fsp3) is 0.517. The standard InChI is InChI=1S/C29H39N7O8/c1-3-4-12-44-28-32-25(30)24-26(33-28)36(29(42)31-24)11-5-10-34(15-19-8-6-18(7-9-19)13-23(39)43-2)22(38)17-35-16-20(37)14-21(35)27(40)41/h6-9,20-21,37H,3-5,10-17H2,1-2H3,(H,31,42)(H,40,41)(H2,30,32,33). The van der Waals surface area contributed by atoms with E-state index in [1.54, 1.807) is 17.0 Å². The number of carbonyl (C=O) groups excluding carboxylic acids is 2. The number of amides is 1. The largest absolute Gasteiger partial charge is 0.480 e. The predicted molar refractivity (Wildman–Crippen MR) is 159 cm³/mol. The number of methoxy groups -OCH3 is 1. The first kappa shape index (κ1) is 32.4. The molecule has 1 aliphatic rings. The number of likely N-dealkylation sites (tertiary alicyclic amines) is 1. The first-order valence-corrected chi connectivity index (χ1v) is 14.6. The number of aliphatic hydroxyl groups excluding tert-OH is 1. The van der Waals surface area contributed by atoms with Gasteiger partial charge in [0.15, 0.2) is 11.5 Å². The van der Waals surface area contributed by atoms with Crippen molar-refractivity contribution in [1.29, 1.82) is 0 Å². The van der Waals surface area contributed by atoms with E-state index < -0.39 is 23.8 Å². The van der Waals surface area contributed by atoms with Gasteiger partial charge in [-0.1, -0.05) is 37.6 Å². The number of aliphatic carboxylic acids is 1. The molecule has 3 aromatic rings. The molecule has 44 heavy (non-hydrogen) atoms. The van der Waals surface area contributed by atoms with Crippen molar-refractivity contribution in [3.63, 3.8) is 0 Å². The van der Waals surface area contributed by atoms with Crippen LogP contribution in [0.4, 0.5) is 5.82 Å². The summed E-state index contributed by atoms with van der Waals surface area (Å²) in [7, 11) is 1.32. The van der Waals surface area contributed by atoms with Crippen molar-refractivity contribution in [3.8, 4) is 6.01 Å². The number of nitrogen functional groups attached to an aromatic ring is 1. The average molecular weight is 614 g/mol. The van der Waals surface area contributed by atoms with Crippen LogP contribution in [0.5, 0.6) is 6.01 Å². The molecular formula is C29H39N7O8. The van der Waals surface area contributed by atoms with Gasteiger partial charge in [-0.25, -0.2) is 4.79 Å². The number of anilines is 1. The molecule has 1 aromatic carbocycles. The van der Waals surface area contributed by atoms with E-state index in [0.29, 0.717) is 24.2 Å². The molecule has 238 valence electrons. The Morgan fingerprint density at radius 2 is 1.89 bits per heavy atom. The zero-order valence-electron chi connectivity index (χ0n) is 24.9. The maximum absolute atomic E-state index is 13.5. The van der Waals surface area contributed by atoms with Gasteiger partial charge in [0.05, 0.1) is 32.8 Å². The number of β-amino-alcohol motifs (C(OH)–C–C–N with tert-alkyl or cyclic N) is 1. The third kappa shape index (κ3) is 8.11. The van der Waals surface area contributed by atoms with Crippen LogP contribution in [-0.4, -0.2) is 103 Å². The van der Waals surface area contributed by atoms with Crippen LogP contribution in [0.3, 0.4) is 0 Å². The molecule has 2 aromatic heterocycles. The number of fused-ring (bicyclic) bond motifs is 1. The number of carboxylic acid groups (broad SMARTS) is 1. The lowest BCUT2D eigenvalue weighted by atomic mass is 10.1. The zero-order valence-corrected chi connectivity index (χ0v) is 24.9. The SMILES string of the molecule is CCCCOc1nc(N)c2[nH]c(=O)n(CCCN(Cc3ccc(CC(=O)OC)cc3)C(=O)CN3CC(O)CC3C(=O)O)c2n1. The average Bonchev–Trinajstić information content (AvgIpc) is 3.52. The van der Waals surface area contributed by atoms with E-state index >= 15 is 0 Å². The van der Waals surface area contributed by atoms with Gasteiger partial charge in [-0.15, -0.1) is 0 Å². The molecule has 5 N–H and O–H groups in total. The Balaban J connectivity index is 1.51. The van der Waals surface area contributed by atoms with Crippen LogP contribution in [0, 0.1) is 0 Å². The minimum Gasteiger partial charge on any atom is -0.480 e. The van der Waals surface area contributed by atoms with Gasteiger partial charge in [0.2, 0.25) is 5.91 Å². The Hall–Kier alpha value is -4.50. The van der Waals surface area contributed by atoms with Crippen molar-refractivity contribution >= 4 is 34.8 Å². The smallest absolute Gasteiger partial charge is 0.327 e. The van der Waals surface area contributed by atoms with Gasteiger partial charge in [0, 0.05) is 32.6 Å². The molecular weight excluding hydrogens is 574 g/mol. The molecule has 2 unspecified atom stereocenters. The summed E-state index contributed by atoms with van der Waals surface area (Å²) >= 11 is 0. The molecule has 0 radical (unpaired) electrons. The van der Waals surface area contributed by atoms with Gasteiger partial charge in [-0.3, -0.25) is 23.9 Å². The lowest BCUT2D eigenvalue weighted by molar-refractivity contribution is -0.144. The zero-order chi connectivity index (χ0) is 31.8. The molecule has 1 fully saturated rings. The number of hydrogen-bond acceptors (Lipinski definition) is 11. The van der Waals surface area contributed by atoms with Crippen LogP contribution in [0.2, 0.25) is 0 Å². The molecule has 0 spiro atoms. The number of aliphatic hydroxyl groups is 1. The van der Waals surface area contributed by atoms with Crippen LogP contribution in [-0.2, 0) is 38.6 Å². The van der Waals surface area contributed by atoms with E-state index in [1.165, 1.54) is 16.6 Å². The normalized spacial score (nSPS) is 16.7. The lowest BCUT2D eigenvalue weighted by Crippen LogP contribution is -2.45. The summed E-state index contributed by atoms with van der Waals surface area (Å²) in [4.78, 5) is 63.9. The Labute approximate surface area is 253 Å². The molecule has 1 saturated heterocycles. The molecule has 2 atom stereocenters. The second-order valence-electron chi connectivity index (χ2n) is 10.8. The topological polar surface area (TPSA) is 206 Å². The summed E-state index contributed by atoms with van der Waals surface area (Å²) < 4.78 is 11.7. The molecule has 4 rings (SSSR count). The first-order valence-electron chi connectivity index (χ1n) is 14.6. The number of aromatic amines is 1. The second kappa shape index (κ2) is 14.8. The van der Waals surface area contributed by atoms with Crippen LogP contribution in [0.1, 0.15) is 43.7 Å². The van der Waals surface area contributed by atoms with Crippen LogP contribution in [0.15, 0.2) is 29.1 Å². The number of carboxylic acids is 1. The van der Waals surface area contributed by atoms with E-state index in [1.807, 2.05) is 19.1 Å². The number of rotatable bonds is 15. The van der Waals surface area contributed by atoms with Crippen LogP contribution >= 0.6 is 0 Å². The number of esters is 1. The highest BCUT2D eigenvalue weighted by atomic mass is 16.5. The fourth-order valence-electron chi connectivity index (χ4n) is 5.13. The maximum Gasteiger partial charge on any atom is 0.327 e. The van der Waals surface area contributed by atoms with Gasteiger partial charge >= 0.3 is 23.6 Å². The van der Waals surface area contributed by atoms with Crippen LogP contribution in [0.25, 0.3) is 11.2 Å². The molecule has 1 amide bonds. The number of ether oxygens (including phenoxy) is 2. The van der Waals surface area contributed by atoms with Gasteiger partial charge in [0.1, 0.15) is 11.6 Å². The molecule has 0 bridgehead atoms. The summed E-state index contributed by atoms with van der Waals surface area (Å²) in [6, 6.07) is 6.29. The van der Waals surface area contributed by atoms with Gasteiger partial charge in [-0.2, -0.15) is 9.97 Å². The summed E-state index contributed by atoms with van der Waals surface area (Å²) in [5.74, 6) is -1.70. The molecule has 15 nitrogen and oxygen atoms in total. The fourth-order valence-corrected chi connectivity index (χ4v) is 5.13. The number of aromatic nitrogens is 4. The van der Waals surface area contributed by atoms with E-state index in [4.69, 9.17) is 15.2 Å². The lowest BCUT2D eigenvalue weighted by Gasteiger charge is -2.27. The molecule has 3 heterocycles. The third-order valence-electron chi connectivity index (χ3n) is 7.50. The highest BCUT2D eigenvalue weighted by molar-refractivity contribution is 5.82. The number of carbonyl (C=O) groups is 3. The number of hydrogen-bond donors (Lipinski definition) is 4. The number of nitrogens with two attached hydrogens (primary N) is 1. The van der Waals surface area contributed by atoms with Crippen molar-refractivity contribution in [3.05, 3.63) is 45.9 Å². The molecule has 0 aliphatic carbocycles. The Morgan fingerprint density at radius 3 is 2.57 bits per heavy atom. The minimum absolute atomic E-state index is 0.0445. The van der Waals surface area contributed by atoms with Crippen molar-refractivity contribution in [2.24, 2.45) is 0 Å². The third-order valence-corrected chi connectivity index (χ3v) is 7.50. The predicted octanol–water partition coefficient (Wildman–Crippen LogP) is 0.535. The number of imidazole rings is 1. The van der Waals surface area contributed by atoms with Crippen molar-refractivity contribution in [1.82, 2.24) is 29.3 Å². The Bertz CT molecular complexity index is 1520. The summed E-state index contributed by atoms with van der Waals surface area (Å²) in [6.45, 7) is 2.96. The number of H-pyrrole nitrogens is 1. The van der Waals surface area contributed by atoms with Crippen molar-refractivity contribution in [2.45, 2.75) is 64.3 Å². The summed E-state index contributed by atoms with van der Waals surface area (Å²) in [5.41, 5.74) is 7.77. The van der Waals surface area contributed by atoms with E-state index in [-0.39, 0.29) is 69.3 Å². The quantitative estimate of drug-likeness (QED) is 0.137. The van der Waals surface area contributed by atoms with E-state index in [0.717, 1.165) is 24.0 Å². The number of nitrogens with one attached hydrogen (secondary N) is 1. The Morgan fingerprint density at radius 1 is 1.16 bits per heavy atom. The minimum atomic E-state index is -1.10. The summed E-state index contributed by atoms with van der Waals surface area (Å²) in [5, 5.41) is 19.6. The molecule has 15 heteroatoms. The number of unbranched alkanes of at least 4 members (excludes halogenated alkanes) is 1. The molecule has 1 aliphatic heterocycles. The monoisotopic (exact) mass is 613 g/mol. The van der Waals surface area contributed by atoms with Gasteiger partial charge < -0.3 is 35.3 Å². The number of benzene rings is 1. The highest BCUT2D eigenvalue weighted by Crippen LogP contribution is 2.20. The van der Waals surface area contributed by atoms with Gasteiger partial charge in [-0.05, 0) is 24.0 Å². The van der Waals surface area contributed by atoms with E-state index in [9.17, 15) is 29.4 Å². The van der Waals surface area contributed by atoms with Crippen molar-refractivity contribution in [2.75, 3.05) is 39.1 Å². The number of aryl methyl sites for hydroxylation is 1. The second-order valence-corrected chi connectivity index (χ2v) is 10.8. The maximum atomic E-state index is 13.5. The van der Waals surface area contributed by atoms with Crippen LogP contribution < -0.4 is 16.2 Å². The highest BCUT2D eigenvalue weighted by Gasteiger charge is 2.37. The van der Waals surface area contributed by atoms with E-state index in [2.05, 4.69) is 15.0 Å². The molecule has 0 saturated carbocycles.